The normalized spacial score (nSPS) is 19.2. The largest absolute Gasteiger partial charge is 0.309 e. The van der Waals surface area contributed by atoms with Crippen molar-refractivity contribution in [3.8, 4) is 22.5 Å². The summed E-state index contributed by atoms with van der Waals surface area (Å²) >= 11 is 2.02. The number of aromatic nitrogens is 2. The molecule has 3 unspecified atom stereocenters. The molecule has 0 fully saturated rings. The van der Waals surface area contributed by atoms with Gasteiger partial charge in [0.15, 0.2) is 0 Å². The van der Waals surface area contributed by atoms with E-state index in [0.29, 0.717) is 17.8 Å². The summed E-state index contributed by atoms with van der Waals surface area (Å²) < 4.78 is 4.93. The molecular weight excluding hydrogens is 697 g/mol. The van der Waals surface area contributed by atoms with Gasteiger partial charge in [0.2, 0.25) is 0 Å². The van der Waals surface area contributed by atoms with Crippen LogP contribution in [-0.2, 0) is 0 Å². The quantitative estimate of drug-likeness (QED) is 0.176. The summed E-state index contributed by atoms with van der Waals surface area (Å²) in [5.41, 5.74) is 18.8. The number of hydrogen-bond acceptors (Lipinski definition) is 1. The molecule has 7 aromatic carbocycles. The Labute approximate surface area is 329 Å². The molecule has 3 aliphatic carbocycles. The SMILES string of the molecule is CC1C=Cc2c(-n3c4ccccc4c4cc(-c5ccc6c(c5)c5ccccc5n6-c5ccccc5)ccc43)ccc3c2C1C1=CCC2C(=C13)Sc1ccccc12. The van der Waals surface area contributed by atoms with E-state index in [0.717, 1.165) is 6.42 Å². The second-order valence-electron chi connectivity index (χ2n) is 16.0. The molecule has 0 bridgehead atoms. The van der Waals surface area contributed by atoms with E-state index < -0.39 is 0 Å². The van der Waals surface area contributed by atoms with E-state index >= 15 is 0 Å². The highest BCUT2D eigenvalue weighted by Crippen LogP contribution is 2.63. The Bertz CT molecular complexity index is 3280. The lowest BCUT2D eigenvalue weighted by Gasteiger charge is -2.28. The number of rotatable bonds is 3. The van der Waals surface area contributed by atoms with E-state index in [4.69, 9.17) is 0 Å². The van der Waals surface area contributed by atoms with Crippen LogP contribution in [0.4, 0.5) is 0 Å². The van der Waals surface area contributed by atoms with Gasteiger partial charge in [-0.1, -0.05) is 128 Å². The monoisotopic (exact) mass is 732 g/mol. The zero-order valence-corrected chi connectivity index (χ0v) is 31.7. The third-order valence-electron chi connectivity index (χ3n) is 13.1. The number of para-hydroxylation sites is 3. The highest BCUT2D eigenvalue weighted by atomic mass is 32.2. The first kappa shape index (κ1) is 31.0. The molecule has 9 aromatic rings. The molecule has 4 aliphatic rings. The summed E-state index contributed by atoms with van der Waals surface area (Å²) in [5, 5.41) is 5.12. The molecule has 2 nitrogen and oxygen atoms in total. The van der Waals surface area contributed by atoms with Gasteiger partial charge >= 0.3 is 0 Å². The summed E-state index contributed by atoms with van der Waals surface area (Å²) in [7, 11) is 0. The highest BCUT2D eigenvalue weighted by Gasteiger charge is 2.44. The van der Waals surface area contributed by atoms with Crippen LogP contribution in [0.1, 0.15) is 47.4 Å². The molecule has 2 aromatic heterocycles. The van der Waals surface area contributed by atoms with Crippen molar-refractivity contribution in [1.82, 2.24) is 9.13 Å². The Kier molecular flexibility index (Phi) is 6.29. The maximum Gasteiger partial charge on any atom is 0.0541 e. The van der Waals surface area contributed by atoms with Crippen LogP contribution in [0.3, 0.4) is 0 Å². The molecule has 56 heavy (non-hydrogen) atoms. The van der Waals surface area contributed by atoms with Gasteiger partial charge in [-0.2, -0.15) is 0 Å². The molecular formula is C53H36N2S. The van der Waals surface area contributed by atoms with Crippen molar-refractivity contribution in [2.24, 2.45) is 5.92 Å². The van der Waals surface area contributed by atoms with Gasteiger partial charge < -0.3 is 9.13 Å². The fourth-order valence-electron chi connectivity index (χ4n) is 10.7. The Morgan fingerprint density at radius 3 is 2.00 bits per heavy atom. The number of nitrogens with zero attached hydrogens (tertiary/aromatic N) is 2. The van der Waals surface area contributed by atoms with Crippen molar-refractivity contribution in [3.05, 3.63) is 197 Å². The van der Waals surface area contributed by atoms with Gasteiger partial charge in [0.1, 0.15) is 0 Å². The van der Waals surface area contributed by atoms with Crippen molar-refractivity contribution in [2.75, 3.05) is 0 Å². The van der Waals surface area contributed by atoms with E-state index in [1.54, 1.807) is 10.5 Å². The minimum Gasteiger partial charge on any atom is -0.309 e. The topological polar surface area (TPSA) is 9.86 Å². The number of hydrogen-bond donors (Lipinski definition) is 0. The molecule has 0 radical (unpaired) electrons. The van der Waals surface area contributed by atoms with Crippen LogP contribution in [0.25, 0.3) is 77.8 Å². The molecule has 0 N–H and O–H groups in total. The summed E-state index contributed by atoms with van der Waals surface area (Å²) in [6, 6.07) is 56.5. The van der Waals surface area contributed by atoms with Crippen LogP contribution in [0, 0.1) is 5.92 Å². The average molecular weight is 733 g/mol. The number of thioether (sulfide) groups is 1. The third-order valence-corrected chi connectivity index (χ3v) is 14.4. The summed E-state index contributed by atoms with van der Waals surface area (Å²) in [4.78, 5) is 2.99. The Morgan fingerprint density at radius 2 is 1.23 bits per heavy atom. The van der Waals surface area contributed by atoms with Gasteiger partial charge in [0, 0.05) is 54.4 Å². The molecule has 3 heteroatoms. The van der Waals surface area contributed by atoms with Gasteiger partial charge in [0.05, 0.1) is 27.8 Å². The van der Waals surface area contributed by atoms with Crippen LogP contribution in [-0.4, -0.2) is 9.13 Å². The lowest BCUT2D eigenvalue weighted by Crippen LogP contribution is -2.14. The van der Waals surface area contributed by atoms with Crippen LogP contribution < -0.4 is 0 Å². The first-order valence-electron chi connectivity index (χ1n) is 19.9. The first-order valence-corrected chi connectivity index (χ1v) is 20.7. The zero-order valence-electron chi connectivity index (χ0n) is 30.9. The van der Waals surface area contributed by atoms with Crippen LogP contribution in [0.15, 0.2) is 179 Å². The second-order valence-corrected chi connectivity index (χ2v) is 17.1. The summed E-state index contributed by atoms with van der Waals surface area (Å²) in [5.74, 6) is 1.31. The minimum atomic E-state index is 0.389. The molecule has 3 heterocycles. The first-order chi connectivity index (χ1) is 27.7. The van der Waals surface area contributed by atoms with Gasteiger partial charge in [-0.25, -0.2) is 0 Å². The van der Waals surface area contributed by atoms with E-state index in [1.807, 2.05) is 11.8 Å². The van der Waals surface area contributed by atoms with E-state index in [-0.39, 0.29) is 0 Å². The van der Waals surface area contributed by atoms with Crippen LogP contribution in [0.2, 0.25) is 0 Å². The van der Waals surface area contributed by atoms with Crippen molar-refractivity contribution < 1.29 is 0 Å². The highest BCUT2D eigenvalue weighted by molar-refractivity contribution is 8.03. The van der Waals surface area contributed by atoms with E-state index in [1.165, 1.54) is 98.8 Å². The standard InChI is InChI=1S/C53H36N2S/c1-31-19-22-39-46(28-25-41-51(39)50(31)40-24-23-38-37-15-7-10-18-49(37)56-53(38)52(40)41)55-45-17-9-6-14-36(45)43-30-33(21-27-48(43)55)32-20-26-47-42(29-32)35-13-5-8-16-44(35)54(47)34-11-3-2-4-12-34/h2-22,24-31,38,50H,23H2,1H3. The third kappa shape index (κ3) is 4.08. The summed E-state index contributed by atoms with van der Waals surface area (Å²) in [6.07, 6.45) is 8.59. The van der Waals surface area contributed by atoms with Gasteiger partial charge in [-0.15, -0.1) is 0 Å². The molecule has 13 rings (SSSR count). The van der Waals surface area contributed by atoms with Crippen molar-refractivity contribution >= 4 is 67.0 Å². The lowest BCUT2D eigenvalue weighted by atomic mass is 9.77. The fourth-order valence-corrected chi connectivity index (χ4v) is 12.1. The van der Waals surface area contributed by atoms with Gasteiger partial charge in [0.25, 0.3) is 0 Å². The number of allylic oxidation sites excluding steroid dienone is 5. The maximum atomic E-state index is 2.59. The fraction of sp³-hybridized carbons (Fsp3) is 0.0943. The Morgan fingerprint density at radius 1 is 0.589 bits per heavy atom. The predicted molar refractivity (Wildman–Crippen MR) is 236 cm³/mol. The molecule has 0 amide bonds. The molecule has 0 saturated heterocycles. The predicted octanol–water partition coefficient (Wildman–Crippen LogP) is 14.2. The summed E-state index contributed by atoms with van der Waals surface area (Å²) in [6.45, 7) is 2.41. The van der Waals surface area contributed by atoms with E-state index in [9.17, 15) is 0 Å². The Balaban J connectivity index is 0.989. The molecule has 1 aliphatic heterocycles. The van der Waals surface area contributed by atoms with Gasteiger partial charge in [-0.05, 0) is 112 Å². The molecule has 0 saturated carbocycles. The lowest BCUT2D eigenvalue weighted by molar-refractivity contribution is 0.625. The zero-order chi connectivity index (χ0) is 36.6. The number of benzene rings is 7. The molecule has 3 atom stereocenters. The van der Waals surface area contributed by atoms with Crippen LogP contribution >= 0.6 is 11.8 Å². The van der Waals surface area contributed by atoms with Crippen molar-refractivity contribution in [2.45, 2.75) is 30.1 Å². The van der Waals surface area contributed by atoms with Crippen molar-refractivity contribution in [3.63, 3.8) is 0 Å². The second kappa shape index (κ2) is 11.4. The van der Waals surface area contributed by atoms with E-state index in [2.05, 4.69) is 186 Å². The van der Waals surface area contributed by atoms with Crippen molar-refractivity contribution in [1.29, 1.82) is 0 Å². The molecule has 0 spiro atoms. The van der Waals surface area contributed by atoms with Gasteiger partial charge in [-0.3, -0.25) is 0 Å². The minimum absolute atomic E-state index is 0.389. The maximum absolute atomic E-state index is 2.59. The van der Waals surface area contributed by atoms with Crippen LogP contribution in [0.5, 0.6) is 0 Å². The average Bonchev–Trinajstić information content (AvgIpc) is 3.99. The molecule has 264 valence electrons. The number of fused-ring (bicyclic) bond motifs is 12. The smallest absolute Gasteiger partial charge is 0.0541 e. The Hall–Kier alpha value is -6.29.